The van der Waals surface area contributed by atoms with E-state index in [1.807, 2.05) is 5.38 Å². The third-order valence-corrected chi connectivity index (χ3v) is 8.48. The molecular weight excluding hydrogens is 352 g/mol. The number of sulfonamides is 1. The molecule has 6 heteroatoms. The van der Waals surface area contributed by atoms with Crippen LogP contribution in [0.2, 0.25) is 0 Å². The van der Waals surface area contributed by atoms with Crippen LogP contribution >= 0.6 is 11.3 Å². The minimum Gasteiger partial charge on any atom is -0.358 e. The molecule has 1 aliphatic heterocycles. The van der Waals surface area contributed by atoms with Gasteiger partial charge in [0.15, 0.2) is 0 Å². The maximum Gasteiger partial charge on any atom is 0.252 e. The summed E-state index contributed by atoms with van der Waals surface area (Å²) < 4.78 is 27.4. The number of nitrogens with zero attached hydrogens (tertiary/aromatic N) is 1. The molecule has 1 N–H and O–H groups in total. The Morgan fingerprint density at radius 2 is 1.92 bits per heavy atom. The van der Waals surface area contributed by atoms with Crippen LogP contribution in [-0.4, -0.2) is 30.8 Å². The van der Waals surface area contributed by atoms with E-state index in [1.165, 1.54) is 39.1 Å². The summed E-state index contributed by atoms with van der Waals surface area (Å²) in [5.74, 6) is 0.391. The van der Waals surface area contributed by atoms with Gasteiger partial charge < -0.3 is 4.98 Å². The summed E-state index contributed by atoms with van der Waals surface area (Å²) in [5.41, 5.74) is 5.01. The molecule has 1 saturated heterocycles. The van der Waals surface area contributed by atoms with E-state index >= 15 is 0 Å². The fourth-order valence-corrected chi connectivity index (χ4v) is 6.41. The summed E-state index contributed by atoms with van der Waals surface area (Å²) >= 11 is 1.29. The molecule has 3 aromatic rings. The number of rotatable bonds is 3. The van der Waals surface area contributed by atoms with Crippen molar-refractivity contribution in [1.82, 2.24) is 9.29 Å². The lowest BCUT2D eigenvalue weighted by Crippen LogP contribution is -2.37. The van der Waals surface area contributed by atoms with Gasteiger partial charge in [-0.05, 0) is 55.8 Å². The lowest BCUT2D eigenvalue weighted by Gasteiger charge is -2.30. The number of piperidine rings is 1. The molecule has 4 rings (SSSR count). The van der Waals surface area contributed by atoms with E-state index in [1.54, 1.807) is 16.4 Å². The van der Waals surface area contributed by atoms with E-state index in [0.717, 1.165) is 12.8 Å². The highest BCUT2D eigenvalue weighted by molar-refractivity contribution is 7.91. The van der Waals surface area contributed by atoms with Crippen molar-refractivity contribution in [3.8, 4) is 0 Å². The molecule has 0 unspecified atom stereocenters. The van der Waals surface area contributed by atoms with Crippen LogP contribution in [0.1, 0.15) is 35.6 Å². The zero-order chi connectivity index (χ0) is 17.6. The van der Waals surface area contributed by atoms with Crippen LogP contribution in [0.3, 0.4) is 0 Å². The lowest BCUT2D eigenvalue weighted by molar-refractivity contribution is 0.317. The van der Waals surface area contributed by atoms with Gasteiger partial charge in [-0.3, -0.25) is 0 Å². The van der Waals surface area contributed by atoms with Gasteiger partial charge in [0, 0.05) is 35.6 Å². The van der Waals surface area contributed by atoms with Crippen molar-refractivity contribution in [2.75, 3.05) is 13.1 Å². The zero-order valence-corrected chi connectivity index (χ0v) is 16.1. The normalized spacial score (nSPS) is 17.4. The molecule has 1 fully saturated rings. The van der Waals surface area contributed by atoms with Crippen molar-refractivity contribution in [3.05, 3.63) is 52.5 Å². The van der Waals surface area contributed by atoms with Gasteiger partial charge in [0.2, 0.25) is 0 Å². The van der Waals surface area contributed by atoms with Gasteiger partial charge in [-0.15, -0.1) is 11.3 Å². The highest BCUT2D eigenvalue weighted by Gasteiger charge is 2.31. The number of fused-ring (bicyclic) bond motifs is 1. The summed E-state index contributed by atoms with van der Waals surface area (Å²) in [5, 5.41) is 3.10. The SMILES string of the molecule is Cc1ccc2[nH]c(C3CCN(S(=O)(=O)c4cccs4)CC3)c(C)c2c1. The molecule has 0 atom stereocenters. The smallest absolute Gasteiger partial charge is 0.252 e. The summed E-state index contributed by atoms with van der Waals surface area (Å²) in [6.07, 6.45) is 1.72. The number of benzene rings is 1. The average molecular weight is 375 g/mol. The Labute approximate surface area is 152 Å². The average Bonchev–Trinajstić information content (AvgIpc) is 3.25. The first kappa shape index (κ1) is 16.8. The summed E-state index contributed by atoms with van der Waals surface area (Å²) in [4.78, 5) is 3.58. The molecule has 1 aliphatic rings. The molecule has 0 amide bonds. The first-order chi connectivity index (χ1) is 12.0. The quantitative estimate of drug-likeness (QED) is 0.738. The van der Waals surface area contributed by atoms with Crippen LogP contribution in [0.5, 0.6) is 0 Å². The van der Waals surface area contributed by atoms with E-state index in [4.69, 9.17) is 0 Å². The molecule has 0 spiro atoms. The third-order valence-electron chi connectivity index (χ3n) is 5.20. The maximum atomic E-state index is 12.7. The number of hydrogen-bond acceptors (Lipinski definition) is 3. The number of nitrogens with one attached hydrogen (secondary N) is 1. The molecular formula is C19H22N2O2S2. The highest BCUT2D eigenvalue weighted by Crippen LogP contribution is 2.35. The largest absolute Gasteiger partial charge is 0.358 e. The van der Waals surface area contributed by atoms with Gasteiger partial charge in [-0.25, -0.2) is 8.42 Å². The number of thiophene rings is 1. The fourth-order valence-electron chi connectivity index (χ4n) is 3.79. The third kappa shape index (κ3) is 2.92. The van der Waals surface area contributed by atoms with Crippen LogP contribution in [0, 0.1) is 13.8 Å². The summed E-state index contributed by atoms with van der Waals surface area (Å²) in [7, 11) is -3.32. The van der Waals surface area contributed by atoms with E-state index < -0.39 is 10.0 Å². The molecule has 0 bridgehead atoms. The molecule has 4 nitrogen and oxygen atoms in total. The highest BCUT2D eigenvalue weighted by atomic mass is 32.2. The predicted molar refractivity (Wildman–Crippen MR) is 103 cm³/mol. The Bertz CT molecular complexity index is 996. The summed E-state index contributed by atoms with van der Waals surface area (Å²) in [6, 6.07) is 9.97. The first-order valence-corrected chi connectivity index (χ1v) is 10.9. The second-order valence-electron chi connectivity index (χ2n) is 6.82. The Morgan fingerprint density at radius 1 is 1.16 bits per heavy atom. The second-order valence-corrected chi connectivity index (χ2v) is 9.94. The van der Waals surface area contributed by atoms with Crippen molar-refractivity contribution in [1.29, 1.82) is 0 Å². The standard InChI is InChI=1S/C19H22N2O2S2/c1-13-5-6-17-16(12-13)14(2)19(20-17)15-7-9-21(10-8-15)25(22,23)18-4-3-11-24-18/h3-6,11-12,15,20H,7-10H2,1-2H3. The Hall–Kier alpha value is -1.63. The van der Waals surface area contributed by atoms with Crippen molar-refractivity contribution >= 4 is 32.3 Å². The molecule has 132 valence electrons. The number of aromatic amines is 1. The van der Waals surface area contributed by atoms with Crippen LogP contribution in [0.15, 0.2) is 39.9 Å². The van der Waals surface area contributed by atoms with Crippen molar-refractivity contribution in [2.45, 2.75) is 36.8 Å². The van der Waals surface area contributed by atoms with Gasteiger partial charge in [0.1, 0.15) is 4.21 Å². The molecule has 0 radical (unpaired) electrons. The van der Waals surface area contributed by atoms with Gasteiger partial charge >= 0.3 is 0 Å². The van der Waals surface area contributed by atoms with Gasteiger partial charge in [-0.2, -0.15) is 4.31 Å². The molecule has 2 aromatic heterocycles. The molecule has 0 saturated carbocycles. The number of aromatic nitrogens is 1. The van der Waals surface area contributed by atoms with E-state index in [0.29, 0.717) is 23.2 Å². The first-order valence-electron chi connectivity index (χ1n) is 8.59. The molecule has 1 aromatic carbocycles. The predicted octanol–water partition coefficient (Wildman–Crippen LogP) is 4.41. The Kier molecular flexibility index (Phi) is 4.22. The monoisotopic (exact) mass is 374 g/mol. The van der Waals surface area contributed by atoms with E-state index in [9.17, 15) is 8.42 Å². The van der Waals surface area contributed by atoms with Crippen molar-refractivity contribution in [3.63, 3.8) is 0 Å². The Morgan fingerprint density at radius 3 is 2.60 bits per heavy atom. The topological polar surface area (TPSA) is 53.2 Å². The van der Waals surface area contributed by atoms with Crippen LogP contribution in [-0.2, 0) is 10.0 Å². The maximum absolute atomic E-state index is 12.7. The van der Waals surface area contributed by atoms with Crippen LogP contribution < -0.4 is 0 Å². The number of aryl methyl sites for hydroxylation is 2. The number of H-pyrrole nitrogens is 1. The van der Waals surface area contributed by atoms with Crippen molar-refractivity contribution < 1.29 is 8.42 Å². The van der Waals surface area contributed by atoms with Crippen molar-refractivity contribution in [2.24, 2.45) is 0 Å². The van der Waals surface area contributed by atoms with Crippen LogP contribution in [0.25, 0.3) is 10.9 Å². The van der Waals surface area contributed by atoms with Crippen LogP contribution in [0.4, 0.5) is 0 Å². The molecule has 0 aliphatic carbocycles. The minimum absolute atomic E-state index is 0.391. The lowest BCUT2D eigenvalue weighted by atomic mass is 9.92. The fraction of sp³-hybridized carbons (Fsp3) is 0.368. The molecule has 25 heavy (non-hydrogen) atoms. The number of hydrogen-bond donors (Lipinski definition) is 1. The second kappa shape index (κ2) is 6.27. The van der Waals surface area contributed by atoms with E-state index in [-0.39, 0.29) is 0 Å². The minimum atomic E-state index is -3.32. The molecule has 3 heterocycles. The Balaban J connectivity index is 1.56. The van der Waals surface area contributed by atoms with Gasteiger partial charge in [-0.1, -0.05) is 17.7 Å². The van der Waals surface area contributed by atoms with Gasteiger partial charge in [0.25, 0.3) is 10.0 Å². The van der Waals surface area contributed by atoms with E-state index in [2.05, 4.69) is 37.0 Å². The zero-order valence-electron chi connectivity index (χ0n) is 14.5. The summed E-state index contributed by atoms with van der Waals surface area (Å²) in [6.45, 7) is 5.44. The van der Waals surface area contributed by atoms with Gasteiger partial charge in [0.05, 0.1) is 0 Å².